The summed E-state index contributed by atoms with van der Waals surface area (Å²) in [4.78, 5) is 29.6. The van der Waals surface area contributed by atoms with Gasteiger partial charge in [-0.3, -0.25) is 9.69 Å². The minimum atomic E-state index is -1.15. The average molecular weight is 389 g/mol. The summed E-state index contributed by atoms with van der Waals surface area (Å²) in [6.45, 7) is 1.64. The fraction of sp³-hybridized carbons (Fsp3) is 0.316. The molecule has 2 amide bonds. The van der Waals surface area contributed by atoms with E-state index < -0.39 is 18.0 Å². The molecule has 1 atom stereocenters. The zero-order valence-corrected chi connectivity index (χ0v) is 15.2. The molecule has 0 saturated heterocycles. The number of benzene rings is 1. The monoisotopic (exact) mass is 389 g/mol. The van der Waals surface area contributed by atoms with Crippen molar-refractivity contribution in [2.75, 3.05) is 24.7 Å². The molecule has 8 nitrogen and oxygen atoms in total. The Labute approximate surface area is 160 Å². The predicted octanol–water partition coefficient (Wildman–Crippen LogP) is 1.80. The van der Waals surface area contributed by atoms with Crippen LogP contribution in [0.25, 0.3) is 0 Å². The molecule has 1 aromatic heterocycles. The smallest absolute Gasteiger partial charge is 0.412 e. The third kappa shape index (κ3) is 4.04. The van der Waals surface area contributed by atoms with Crippen LogP contribution in [0.2, 0.25) is 0 Å². The first kappa shape index (κ1) is 19.6. The summed E-state index contributed by atoms with van der Waals surface area (Å²) in [7, 11) is 0. The molecular weight excluding hydrogens is 369 g/mol. The first-order valence-corrected chi connectivity index (χ1v) is 8.73. The van der Waals surface area contributed by atoms with Gasteiger partial charge in [0.15, 0.2) is 0 Å². The van der Waals surface area contributed by atoms with Crippen LogP contribution in [0.5, 0.6) is 5.88 Å². The number of nitrogens with zero attached hydrogens (tertiary/aromatic N) is 2. The number of carbonyl (C=O) groups is 2. The van der Waals surface area contributed by atoms with Crippen molar-refractivity contribution in [3.05, 3.63) is 53.0 Å². The molecule has 0 fully saturated rings. The van der Waals surface area contributed by atoms with E-state index in [9.17, 15) is 19.1 Å². The maximum atomic E-state index is 13.2. The van der Waals surface area contributed by atoms with Crippen LogP contribution >= 0.6 is 0 Å². The quantitative estimate of drug-likeness (QED) is 0.719. The van der Waals surface area contributed by atoms with E-state index in [0.717, 1.165) is 10.5 Å². The number of hydrogen-bond acceptors (Lipinski definition) is 5. The number of carbonyl (C=O) groups excluding carboxylic acids is 1. The summed E-state index contributed by atoms with van der Waals surface area (Å²) >= 11 is 0. The first-order valence-electron chi connectivity index (χ1n) is 8.73. The van der Waals surface area contributed by atoms with Crippen LogP contribution in [0, 0.1) is 5.82 Å². The van der Waals surface area contributed by atoms with E-state index in [1.54, 1.807) is 25.1 Å². The number of anilines is 1. The highest BCUT2D eigenvalue weighted by Crippen LogP contribution is 2.35. The van der Waals surface area contributed by atoms with E-state index in [4.69, 9.17) is 9.84 Å². The second kappa shape index (κ2) is 8.22. The van der Waals surface area contributed by atoms with Crippen LogP contribution in [0.3, 0.4) is 0 Å². The number of hydrogen-bond donors (Lipinski definition) is 3. The van der Waals surface area contributed by atoms with Crippen LogP contribution < -0.4 is 15.0 Å². The summed E-state index contributed by atoms with van der Waals surface area (Å²) in [6, 6.07) is 6.92. The Morgan fingerprint density at radius 3 is 2.71 bits per heavy atom. The molecule has 3 rings (SSSR count). The highest BCUT2D eigenvalue weighted by atomic mass is 19.1. The summed E-state index contributed by atoms with van der Waals surface area (Å²) < 4.78 is 18.7. The number of fused-ring (bicyclic) bond motifs is 1. The molecule has 148 valence electrons. The fourth-order valence-electron chi connectivity index (χ4n) is 3.01. The van der Waals surface area contributed by atoms with Crippen LogP contribution in [0.1, 0.15) is 28.5 Å². The van der Waals surface area contributed by atoms with E-state index in [-0.39, 0.29) is 49.3 Å². The van der Waals surface area contributed by atoms with Gasteiger partial charge in [-0.2, -0.15) is 0 Å². The van der Waals surface area contributed by atoms with Crippen LogP contribution in [-0.4, -0.2) is 53.0 Å². The van der Waals surface area contributed by atoms with Crippen molar-refractivity contribution < 1.29 is 28.9 Å². The molecule has 0 bridgehead atoms. The third-order valence-corrected chi connectivity index (χ3v) is 4.34. The van der Waals surface area contributed by atoms with Gasteiger partial charge in [0.25, 0.3) is 5.91 Å². The summed E-state index contributed by atoms with van der Waals surface area (Å²) in [5, 5.41) is 21.0. The molecule has 0 aliphatic carbocycles. The molecule has 0 unspecified atom stereocenters. The Morgan fingerprint density at radius 2 is 2.07 bits per heavy atom. The first-order chi connectivity index (χ1) is 13.4. The van der Waals surface area contributed by atoms with Gasteiger partial charge in [-0.1, -0.05) is 12.1 Å². The van der Waals surface area contributed by atoms with Gasteiger partial charge in [0.2, 0.25) is 5.88 Å². The minimum absolute atomic E-state index is 0.0483. The third-order valence-electron chi connectivity index (χ3n) is 4.34. The number of pyridine rings is 1. The maximum absolute atomic E-state index is 13.2. The van der Waals surface area contributed by atoms with E-state index in [1.165, 1.54) is 12.1 Å². The van der Waals surface area contributed by atoms with Crippen LogP contribution in [0.4, 0.5) is 14.9 Å². The summed E-state index contributed by atoms with van der Waals surface area (Å²) in [6.07, 6.45) is -0.909. The molecule has 1 aromatic carbocycles. The topological polar surface area (TPSA) is 112 Å². The Balaban J connectivity index is 2.06. The number of aliphatic hydroxyl groups is 1. The lowest BCUT2D eigenvalue weighted by atomic mass is 10.0. The number of halogens is 1. The molecule has 0 spiro atoms. The Morgan fingerprint density at radius 1 is 1.36 bits per heavy atom. The molecule has 1 aliphatic heterocycles. The molecule has 2 aromatic rings. The Kier molecular flexibility index (Phi) is 5.74. The maximum Gasteiger partial charge on any atom is 0.412 e. The van der Waals surface area contributed by atoms with Crippen molar-refractivity contribution >= 4 is 17.7 Å². The molecule has 0 radical (unpaired) electrons. The van der Waals surface area contributed by atoms with Gasteiger partial charge in [-0.15, -0.1) is 0 Å². The molecule has 3 N–H and O–H groups in total. The predicted molar refractivity (Wildman–Crippen MR) is 98.3 cm³/mol. The van der Waals surface area contributed by atoms with Gasteiger partial charge in [0.1, 0.15) is 23.8 Å². The zero-order chi connectivity index (χ0) is 20.3. The van der Waals surface area contributed by atoms with Gasteiger partial charge in [0, 0.05) is 6.54 Å². The van der Waals surface area contributed by atoms with Gasteiger partial charge in [0.05, 0.1) is 12.6 Å². The largest absolute Gasteiger partial charge is 0.474 e. The van der Waals surface area contributed by atoms with Crippen LogP contribution in [0.15, 0.2) is 30.3 Å². The average Bonchev–Trinajstić information content (AvgIpc) is 2.67. The molecule has 9 heteroatoms. The standard InChI is InChI=1S/C19H20FN3O5/c1-11-10-28-18-15(23(11)19(26)27)9-13(8-12-2-4-14(20)5-3-12)16(22-18)17(25)21-6-7-24/h2-5,9,11,24H,6-8,10H2,1H3,(H,21,25)(H,26,27)/t11-/m0/s1. The number of rotatable bonds is 5. The normalized spacial score (nSPS) is 15.5. The van der Waals surface area contributed by atoms with E-state index >= 15 is 0 Å². The Bertz CT molecular complexity index is 888. The van der Waals surface area contributed by atoms with Crippen molar-refractivity contribution in [2.45, 2.75) is 19.4 Å². The number of amides is 2. The molecule has 2 heterocycles. The van der Waals surface area contributed by atoms with Gasteiger partial charge >= 0.3 is 6.09 Å². The number of carboxylic acid groups (broad SMARTS) is 1. The van der Waals surface area contributed by atoms with E-state index in [2.05, 4.69) is 10.3 Å². The molecular formula is C19H20FN3O5. The lowest BCUT2D eigenvalue weighted by Gasteiger charge is -2.32. The number of nitrogens with one attached hydrogen (secondary N) is 1. The zero-order valence-electron chi connectivity index (χ0n) is 15.2. The molecule has 1 aliphatic rings. The number of aromatic nitrogens is 1. The lowest BCUT2D eigenvalue weighted by Crippen LogP contribution is -2.45. The van der Waals surface area contributed by atoms with Crippen molar-refractivity contribution in [1.29, 1.82) is 0 Å². The van der Waals surface area contributed by atoms with Gasteiger partial charge < -0.3 is 20.3 Å². The lowest BCUT2D eigenvalue weighted by molar-refractivity contribution is 0.0937. The SMILES string of the molecule is C[C@H]1COc2nc(C(=O)NCCO)c(Cc3ccc(F)cc3)cc2N1C(=O)O. The van der Waals surface area contributed by atoms with Crippen molar-refractivity contribution in [3.8, 4) is 5.88 Å². The summed E-state index contributed by atoms with van der Waals surface area (Å²) in [5.74, 6) is -0.844. The highest BCUT2D eigenvalue weighted by molar-refractivity contribution is 5.96. The van der Waals surface area contributed by atoms with Crippen LogP contribution in [-0.2, 0) is 6.42 Å². The Hall–Kier alpha value is -3.20. The van der Waals surface area contributed by atoms with Crippen molar-refractivity contribution in [1.82, 2.24) is 10.3 Å². The van der Waals surface area contributed by atoms with E-state index in [1.807, 2.05) is 0 Å². The summed E-state index contributed by atoms with van der Waals surface area (Å²) in [5.41, 5.74) is 1.51. The van der Waals surface area contributed by atoms with Gasteiger partial charge in [-0.05, 0) is 42.7 Å². The van der Waals surface area contributed by atoms with E-state index in [0.29, 0.717) is 5.56 Å². The molecule has 28 heavy (non-hydrogen) atoms. The van der Waals surface area contributed by atoms with Gasteiger partial charge in [-0.25, -0.2) is 14.2 Å². The highest BCUT2D eigenvalue weighted by Gasteiger charge is 2.32. The van der Waals surface area contributed by atoms with Crippen molar-refractivity contribution in [3.63, 3.8) is 0 Å². The van der Waals surface area contributed by atoms with Crippen molar-refractivity contribution in [2.24, 2.45) is 0 Å². The number of aliphatic hydroxyl groups excluding tert-OH is 1. The second-order valence-electron chi connectivity index (χ2n) is 6.42. The molecule has 0 saturated carbocycles. The second-order valence-corrected chi connectivity index (χ2v) is 6.42. The minimum Gasteiger partial charge on any atom is -0.474 e. The number of ether oxygens (including phenoxy) is 1. The fourth-order valence-corrected chi connectivity index (χ4v) is 3.01.